The number of morpholine rings is 1. The average Bonchev–Trinajstić information content (AvgIpc) is 2.88. The maximum atomic E-state index is 10.2. The monoisotopic (exact) mass is 276 g/mol. The Morgan fingerprint density at radius 1 is 1.45 bits per heavy atom. The van der Waals surface area contributed by atoms with Crippen LogP contribution >= 0.6 is 0 Å². The Morgan fingerprint density at radius 2 is 2.35 bits per heavy atom. The molecule has 0 spiro atoms. The third-order valence-corrected chi connectivity index (χ3v) is 4.78. The van der Waals surface area contributed by atoms with Gasteiger partial charge in [0.1, 0.15) is 0 Å². The van der Waals surface area contributed by atoms with Gasteiger partial charge in [0, 0.05) is 31.2 Å². The van der Waals surface area contributed by atoms with Crippen LogP contribution in [0, 0.1) is 12.8 Å². The molecule has 1 aliphatic heterocycles. The molecule has 3 atom stereocenters. The first-order chi connectivity index (χ1) is 9.75. The number of hydrogen-bond acceptors (Lipinski definition) is 4. The predicted octanol–water partition coefficient (Wildman–Crippen LogP) is 1.75. The number of aryl methyl sites for hydroxylation is 1. The fourth-order valence-corrected chi connectivity index (χ4v) is 3.54. The van der Waals surface area contributed by atoms with Crippen molar-refractivity contribution in [2.24, 2.45) is 5.92 Å². The summed E-state index contributed by atoms with van der Waals surface area (Å²) in [5.41, 5.74) is 2.39. The van der Waals surface area contributed by atoms with Crippen molar-refractivity contribution in [1.29, 1.82) is 0 Å². The van der Waals surface area contributed by atoms with Crippen molar-refractivity contribution in [3.8, 4) is 0 Å². The number of aliphatic hydroxyl groups is 1. The van der Waals surface area contributed by atoms with Crippen LogP contribution in [0.15, 0.2) is 18.3 Å². The first kappa shape index (κ1) is 14.0. The van der Waals surface area contributed by atoms with Crippen LogP contribution < -0.4 is 0 Å². The number of nitrogens with zero attached hydrogens (tertiary/aromatic N) is 2. The minimum absolute atomic E-state index is 0.158. The number of aliphatic hydroxyl groups excluding tert-OH is 1. The zero-order valence-corrected chi connectivity index (χ0v) is 12.2. The molecule has 0 unspecified atom stereocenters. The summed E-state index contributed by atoms with van der Waals surface area (Å²) in [5.74, 6) is 0.360. The molecule has 20 heavy (non-hydrogen) atoms. The fraction of sp³-hybridized carbons (Fsp3) is 0.688. The second kappa shape index (κ2) is 6.20. The van der Waals surface area contributed by atoms with E-state index in [0.717, 1.165) is 51.3 Å². The van der Waals surface area contributed by atoms with Gasteiger partial charge in [-0.1, -0.05) is 12.5 Å². The summed E-state index contributed by atoms with van der Waals surface area (Å²) in [6, 6.07) is 4.43. The van der Waals surface area contributed by atoms with Crippen LogP contribution in [0.4, 0.5) is 0 Å². The molecule has 2 heterocycles. The van der Waals surface area contributed by atoms with Gasteiger partial charge in [-0.05, 0) is 31.4 Å². The van der Waals surface area contributed by atoms with Crippen molar-refractivity contribution in [2.45, 2.75) is 44.9 Å². The van der Waals surface area contributed by atoms with E-state index in [1.807, 2.05) is 12.3 Å². The van der Waals surface area contributed by atoms with Gasteiger partial charge in [0.25, 0.3) is 0 Å². The van der Waals surface area contributed by atoms with Crippen molar-refractivity contribution in [3.05, 3.63) is 29.6 Å². The molecule has 1 aliphatic carbocycles. The van der Waals surface area contributed by atoms with Crippen LogP contribution in [-0.2, 0) is 11.3 Å². The summed E-state index contributed by atoms with van der Waals surface area (Å²) in [6.07, 6.45) is 4.90. The standard InChI is InChI=1S/C16H24N2O2/c1-12-4-3-7-17-14(12)10-18-8-9-20-11-15(18)13-5-2-6-16(13)19/h3-4,7,13,15-16,19H,2,5-6,8-11H2,1H3/t13-,15+,16-/m0/s1. The van der Waals surface area contributed by atoms with Crippen molar-refractivity contribution >= 4 is 0 Å². The van der Waals surface area contributed by atoms with Gasteiger partial charge in [-0.15, -0.1) is 0 Å². The van der Waals surface area contributed by atoms with Crippen molar-refractivity contribution in [2.75, 3.05) is 19.8 Å². The van der Waals surface area contributed by atoms with Gasteiger partial charge in [0.15, 0.2) is 0 Å². The summed E-state index contributed by atoms with van der Waals surface area (Å²) >= 11 is 0. The van der Waals surface area contributed by atoms with Crippen LogP contribution in [0.3, 0.4) is 0 Å². The fourth-order valence-electron chi connectivity index (χ4n) is 3.54. The molecule has 0 bridgehead atoms. The zero-order chi connectivity index (χ0) is 13.9. The third-order valence-electron chi connectivity index (χ3n) is 4.78. The minimum atomic E-state index is -0.158. The Kier molecular flexibility index (Phi) is 4.34. The number of hydrogen-bond donors (Lipinski definition) is 1. The number of ether oxygens (including phenoxy) is 1. The number of pyridine rings is 1. The Labute approximate surface area is 120 Å². The van der Waals surface area contributed by atoms with Gasteiger partial charge >= 0.3 is 0 Å². The largest absolute Gasteiger partial charge is 0.393 e. The topological polar surface area (TPSA) is 45.6 Å². The van der Waals surface area contributed by atoms with Crippen molar-refractivity contribution < 1.29 is 9.84 Å². The quantitative estimate of drug-likeness (QED) is 0.913. The van der Waals surface area contributed by atoms with Crippen molar-refractivity contribution in [1.82, 2.24) is 9.88 Å². The highest BCUT2D eigenvalue weighted by Gasteiger charge is 2.37. The highest BCUT2D eigenvalue weighted by atomic mass is 16.5. The van der Waals surface area contributed by atoms with Crippen LogP contribution in [0.1, 0.15) is 30.5 Å². The van der Waals surface area contributed by atoms with E-state index >= 15 is 0 Å². The Bertz CT molecular complexity index is 452. The molecule has 1 N–H and O–H groups in total. The molecule has 3 rings (SSSR count). The van der Waals surface area contributed by atoms with E-state index in [4.69, 9.17) is 4.74 Å². The Balaban J connectivity index is 1.74. The lowest BCUT2D eigenvalue weighted by atomic mass is 9.94. The molecule has 0 aromatic carbocycles. The minimum Gasteiger partial charge on any atom is -0.393 e. The maximum Gasteiger partial charge on any atom is 0.0626 e. The lowest BCUT2D eigenvalue weighted by molar-refractivity contribution is -0.0541. The Morgan fingerprint density at radius 3 is 3.10 bits per heavy atom. The molecule has 1 aromatic rings. The Hall–Kier alpha value is -0.970. The first-order valence-corrected chi connectivity index (χ1v) is 7.66. The molecule has 4 nitrogen and oxygen atoms in total. The van der Waals surface area contributed by atoms with E-state index < -0.39 is 0 Å². The van der Waals surface area contributed by atoms with Gasteiger partial charge in [-0.25, -0.2) is 0 Å². The molecule has 2 aliphatic rings. The lowest BCUT2D eigenvalue weighted by Gasteiger charge is -2.40. The number of rotatable bonds is 3. The van der Waals surface area contributed by atoms with E-state index in [-0.39, 0.29) is 6.10 Å². The number of aromatic nitrogens is 1. The third kappa shape index (κ3) is 2.87. The van der Waals surface area contributed by atoms with E-state index in [2.05, 4.69) is 22.9 Å². The van der Waals surface area contributed by atoms with Crippen LogP contribution in [0.2, 0.25) is 0 Å². The molecule has 2 fully saturated rings. The van der Waals surface area contributed by atoms with Crippen LogP contribution in [-0.4, -0.2) is 46.9 Å². The molecule has 1 aromatic heterocycles. The smallest absolute Gasteiger partial charge is 0.0626 e. The molecule has 0 amide bonds. The molecule has 1 saturated heterocycles. The summed E-state index contributed by atoms with van der Waals surface area (Å²) in [5, 5.41) is 10.2. The summed E-state index contributed by atoms with van der Waals surface area (Å²) in [4.78, 5) is 6.96. The second-order valence-electron chi connectivity index (χ2n) is 6.04. The summed E-state index contributed by atoms with van der Waals surface area (Å²) in [7, 11) is 0. The van der Waals surface area contributed by atoms with Gasteiger partial charge in [0.05, 0.1) is 25.0 Å². The molecule has 0 radical (unpaired) electrons. The highest BCUT2D eigenvalue weighted by Crippen LogP contribution is 2.32. The van der Waals surface area contributed by atoms with E-state index in [1.165, 1.54) is 5.56 Å². The zero-order valence-electron chi connectivity index (χ0n) is 12.2. The summed E-state index contributed by atoms with van der Waals surface area (Å²) in [6.45, 7) is 5.44. The predicted molar refractivity (Wildman–Crippen MR) is 77.3 cm³/mol. The van der Waals surface area contributed by atoms with Crippen molar-refractivity contribution in [3.63, 3.8) is 0 Å². The highest BCUT2D eigenvalue weighted by molar-refractivity contribution is 5.17. The lowest BCUT2D eigenvalue weighted by Crippen LogP contribution is -2.50. The molecule has 4 heteroatoms. The SMILES string of the molecule is Cc1cccnc1CN1CCOC[C@@H]1[C@@H]1CCC[C@@H]1O. The molecular formula is C16H24N2O2. The van der Waals surface area contributed by atoms with Gasteiger partial charge in [0.2, 0.25) is 0 Å². The summed E-state index contributed by atoms with van der Waals surface area (Å²) < 4.78 is 5.67. The van der Waals surface area contributed by atoms with E-state index in [0.29, 0.717) is 12.0 Å². The second-order valence-corrected chi connectivity index (χ2v) is 6.04. The van der Waals surface area contributed by atoms with E-state index in [1.54, 1.807) is 0 Å². The molecular weight excluding hydrogens is 252 g/mol. The maximum absolute atomic E-state index is 10.2. The normalized spacial score (nSPS) is 31.6. The van der Waals surface area contributed by atoms with Gasteiger partial charge < -0.3 is 9.84 Å². The molecule has 1 saturated carbocycles. The molecule has 110 valence electrons. The van der Waals surface area contributed by atoms with Crippen LogP contribution in [0.25, 0.3) is 0 Å². The average molecular weight is 276 g/mol. The van der Waals surface area contributed by atoms with E-state index in [9.17, 15) is 5.11 Å². The van der Waals surface area contributed by atoms with Crippen LogP contribution in [0.5, 0.6) is 0 Å². The van der Waals surface area contributed by atoms with Gasteiger partial charge in [-0.2, -0.15) is 0 Å². The first-order valence-electron chi connectivity index (χ1n) is 7.66. The van der Waals surface area contributed by atoms with Gasteiger partial charge in [-0.3, -0.25) is 9.88 Å².